The SMILES string of the molecule is Cc1c(Cl)cccc1NC(=O)C(=O)NCCN1CCOC(c2ccccc2)C1. The van der Waals surface area contributed by atoms with E-state index in [2.05, 4.69) is 27.7 Å². The molecule has 7 heteroatoms. The van der Waals surface area contributed by atoms with Crippen LogP contribution >= 0.6 is 11.6 Å². The summed E-state index contributed by atoms with van der Waals surface area (Å²) in [6.45, 7) is 5.03. The van der Waals surface area contributed by atoms with Crippen LogP contribution in [0.15, 0.2) is 48.5 Å². The summed E-state index contributed by atoms with van der Waals surface area (Å²) in [4.78, 5) is 26.4. The molecule has 1 unspecified atom stereocenters. The molecule has 0 aromatic heterocycles. The van der Waals surface area contributed by atoms with Crippen molar-refractivity contribution >= 4 is 29.1 Å². The summed E-state index contributed by atoms with van der Waals surface area (Å²) < 4.78 is 5.84. The van der Waals surface area contributed by atoms with Gasteiger partial charge in [0.15, 0.2) is 0 Å². The highest BCUT2D eigenvalue weighted by Crippen LogP contribution is 2.23. The molecule has 0 bridgehead atoms. The zero-order valence-corrected chi connectivity index (χ0v) is 16.5. The van der Waals surface area contributed by atoms with E-state index >= 15 is 0 Å². The first-order valence-corrected chi connectivity index (χ1v) is 9.65. The van der Waals surface area contributed by atoms with Crippen molar-refractivity contribution in [1.82, 2.24) is 10.2 Å². The summed E-state index contributed by atoms with van der Waals surface area (Å²) in [7, 11) is 0. The number of hydrogen-bond donors (Lipinski definition) is 2. The average molecular weight is 402 g/mol. The first-order valence-electron chi connectivity index (χ1n) is 9.28. The molecule has 0 aliphatic carbocycles. The van der Waals surface area contributed by atoms with E-state index < -0.39 is 11.8 Å². The lowest BCUT2D eigenvalue weighted by Crippen LogP contribution is -2.44. The number of nitrogens with one attached hydrogen (secondary N) is 2. The van der Waals surface area contributed by atoms with E-state index in [1.165, 1.54) is 0 Å². The summed E-state index contributed by atoms with van der Waals surface area (Å²) >= 11 is 6.03. The molecule has 0 saturated carbocycles. The molecular weight excluding hydrogens is 378 g/mol. The number of ether oxygens (including phenoxy) is 1. The van der Waals surface area contributed by atoms with Gasteiger partial charge in [0.1, 0.15) is 0 Å². The standard InChI is InChI=1S/C21H24ClN3O3/c1-15-17(22)8-5-9-18(15)24-21(27)20(26)23-10-11-25-12-13-28-19(14-25)16-6-3-2-4-7-16/h2-9,19H,10-14H2,1H3,(H,23,26)(H,24,27). The zero-order chi connectivity index (χ0) is 19.9. The summed E-state index contributed by atoms with van der Waals surface area (Å²) in [5.74, 6) is -1.36. The molecule has 6 nitrogen and oxygen atoms in total. The maximum atomic E-state index is 12.1. The van der Waals surface area contributed by atoms with Crippen LogP contribution in [0.5, 0.6) is 0 Å². The number of carbonyl (C=O) groups is 2. The number of rotatable bonds is 5. The maximum absolute atomic E-state index is 12.1. The van der Waals surface area contributed by atoms with Gasteiger partial charge in [0.2, 0.25) is 0 Å². The number of nitrogens with zero attached hydrogens (tertiary/aromatic N) is 1. The molecule has 2 N–H and O–H groups in total. The van der Waals surface area contributed by atoms with Crippen molar-refractivity contribution in [2.45, 2.75) is 13.0 Å². The van der Waals surface area contributed by atoms with E-state index in [4.69, 9.17) is 16.3 Å². The van der Waals surface area contributed by atoms with Gasteiger partial charge >= 0.3 is 11.8 Å². The Morgan fingerprint density at radius 1 is 1.14 bits per heavy atom. The van der Waals surface area contributed by atoms with Gasteiger partial charge in [-0.15, -0.1) is 0 Å². The van der Waals surface area contributed by atoms with E-state index in [-0.39, 0.29) is 6.10 Å². The van der Waals surface area contributed by atoms with Crippen molar-refractivity contribution < 1.29 is 14.3 Å². The smallest absolute Gasteiger partial charge is 0.313 e. The number of halogens is 1. The molecule has 1 fully saturated rings. The van der Waals surface area contributed by atoms with Crippen LogP contribution < -0.4 is 10.6 Å². The lowest BCUT2D eigenvalue weighted by atomic mass is 10.1. The molecule has 28 heavy (non-hydrogen) atoms. The molecule has 1 aliphatic heterocycles. The van der Waals surface area contributed by atoms with Gasteiger partial charge in [0.25, 0.3) is 0 Å². The minimum Gasteiger partial charge on any atom is -0.371 e. The van der Waals surface area contributed by atoms with Crippen LogP contribution in [0.4, 0.5) is 5.69 Å². The maximum Gasteiger partial charge on any atom is 0.313 e. The number of carbonyl (C=O) groups excluding carboxylic acids is 2. The van der Waals surface area contributed by atoms with E-state index in [1.807, 2.05) is 18.2 Å². The van der Waals surface area contributed by atoms with Gasteiger partial charge in [-0.2, -0.15) is 0 Å². The summed E-state index contributed by atoms with van der Waals surface area (Å²) in [5, 5.41) is 5.81. The fraction of sp³-hybridized carbons (Fsp3) is 0.333. The quantitative estimate of drug-likeness (QED) is 0.756. The monoisotopic (exact) mass is 401 g/mol. The number of amides is 2. The van der Waals surface area contributed by atoms with E-state index in [1.54, 1.807) is 25.1 Å². The Morgan fingerprint density at radius 3 is 2.71 bits per heavy atom. The molecule has 2 aromatic rings. The summed E-state index contributed by atoms with van der Waals surface area (Å²) in [5.41, 5.74) is 2.41. The van der Waals surface area contributed by atoms with Crippen molar-refractivity contribution in [3.63, 3.8) is 0 Å². The third-order valence-corrected chi connectivity index (χ3v) is 5.17. The Morgan fingerprint density at radius 2 is 1.93 bits per heavy atom. The molecule has 1 heterocycles. The van der Waals surface area contributed by atoms with Gasteiger partial charge in [-0.1, -0.05) is 48.0 Å². The highest BCUT2D eigenvalue weighted by Gasteiger charge is 2.22. The minimum absolute atomic E-state index is 0.0276. The third kappa shape index (κ3) is 5.32. The van der Waals surface area contributed by atoms with Gasteiger partial charge in [-0.05, 0) is 30.2 Å². The van der Waals surface area contributed by atoms with Gasteiger partial charge in [0, 0.05) is 36.9 Å². The Balaban J connectivity index is 1.44. The highest BCUT2D eigenvalue weighted by atomic mass is 35.5. The molecule has 3 rings (SSSR count). The number of benzene rings is 2. The average Bonchev–Trinajstić information content (AvgIpc) is 2.72. The van der Waals surface area contributed by atoms with Crippen molar-refractivity contribution in [2.24, 2.45) is 0 Å². The van der Waals surface area contributed by atoms with Crippen molar-refractivity contribution in [3.05, 3.63) is 64.7 Å². The first kappa shape index (κ1) is 20.3. The van der Waals surface area contributed by atoms with E-state index in [0.29, 0.717) is 30.4 Å². The second kappa shape index (κ2) is 9.68. The molecule has 1 aliphatic rings. The normalized spacial score (nSPS) is 17.1. The van der Waals surface area contributed by atoms with Crippen LogP contribution in [-0.2, 0) is 14.3 Å². The van der Waals surface area contributed by atoms with Crippen molar-refractivity contribution in [3.8, 4) is 0 Å². The van der Waals surface area contributed by atoms with Crippen LogP contribution in [0.3, 0.4) is 0 Å². The van der Waals surface area contributed by atoms with Gasteiger partial charge < -0.3 is 15.4 Å². The Labute approximate surface area is 169 Å². The lowest BCUT2D eigenvalue weighted by molar-refractivity contribution is -0.136. The molecule has 148 valence electrons. The van der Waals surface area contributed by atoms with E-state index in [9.17, 15) is 9.59 Å². The van der Waals surface area contributed by atoms with Gasteiger partial charge in [-0.25, -0.2) is 0 Å². The minimum atomic E-state index is -0.700. The Kier molecular flexibility index (Phi) is 7.03. The summed E-state index contributed by atoms with van der Waals surface area (Å²) in [6.07, 6.45) is 0.0276. The van der Waals surface area contributed by atoms with Gasteiger partial charge in [-0.3, -0.25) is 14.5 Å². The number of morpholine rings is 1. The fourth-order valence-corrected chi connectivity index (χ4v) is 3.28. The topological polar surface area (TPSA) is 70.7 Å². The van der Waals surface area contributed by atoms with Crippen LogP contribution in [0.25, 0.3) is 0 Å². The van der Waals surface area contributed by atoms with Crippen LogP contribution in [0, 0.1) is 6.92 Å². The second-order valence-electron chi connectivity index (χ2n) is 6.69. The van der Waals surface area contributed by atoms with Crippen molar-refractivity contribution in [1.29, 1.82) is 0 Å². The molecule has 0 radical (unpaired) electrons. The van der Waals surface area contributed by atoms with Gasteiger partial charge in [0.05, 0.1) is 12.7 Å². The van der Waals surface area contributed by atoms with E-state index in [0.717, 1.165) is 24.2 Å². The number of hydrogen-bond acceptors (Lipinski definition) is 4. The van der Waals surface area contributed by atoms with Crippen LogP contribution in [0.1, 0.15) is 17.2 Å². The molecular formula is C21H24ClN3O3. The second-order valence-corrected chi connectivity index (χ2v) is 7.10. The predicted molar refractivity (Wildman–Crippen MR) is 109 cm³/mol. The first-order chi connectivity index (χ1) is 13.5. The molecule has 1 atom stereocenters. The zero-order valence-electron chi connectivity index (χ0n) is 15.8. The molecule has 0 spiro atoms. The Bertz CT molecular complexity index is 829. The fourth-order valence-electron chi connectivity index (χ4n) is 3.10. The number of anilines is 1. The predicted octanol–water partition coefficient (Wildman–Crippen LogP) is 2.78. The van der Waals surface area contributed by atoms with Crippen LogP contribution in [0.2, 0.25) is 5.02 Å². The van der Waals surface area contributed by atoms with Crippen LogP contribution in [-0.4, -0.2) is 49.5 Å². The largest absolute Gasteiger partial charge is 0.371 e. The van der Waals surface area contributed by atoms with Crippen molar-refractivity contribution in [2.75, 3.05) is 38.1 Å². The third-order valence-electron chi connectivity index (χ3n) is 4.76. The summed E-state index contributed by atoms with van der Waals surface area (Å²) in [6, 6.07) is 15.3. The molecule has 1 saturated heterocycles. The lowest BCUT2D eigenvalue weighted by Gasteiger charge is -2.33. The molecule has 2 amide bonds. The molecule has 2 aromatic carbocycles. The highest BCUT2D eigenvalue weighted by molar-refractivity contribution is 6.40. The Hall–Kier alpha value is -2.41.